The molecule has 1 aliphatic carbocycles. The number of pyridine rings is 1. The zero-order valence-electron chi connectivity index (χ0n) is 19.3. The van der Waals surface area contributed by atoms with Crippen LogP contribution < -0.4 is 15.7 Å². The summed E-state index contributed by atoms with van der Waals surface area (Å²) in [4.78, 5) is 26.3. The van der Waals surface area contributed by atoms with Crippen molar-refractivity contribution < 1.29 is 10.0 Å². The molecule has 1 saturated heterocycles. The van der Waals surface area contributed by atoms with Crippen LogP contribution >= 0.6 is 0 Å². The summed E-state index contributed by atoms with van der Waals surface area (Å²) in [6, 6.07) is 4.57. The number of nitrogens with zero attached hydrogens (tertiary/aromatic N) is 4. The maximum absolute atomic E-state index is 10.8. The molecule has 1 aliphatic heterocycles. The van der Waals surface area contributed by atoms with Crippen LogP contribution in [0.15, 0.2) is 36.7 Å². The number of aldehydes is 1. The molecule has 2 aromatic rings. The average Bonchev–Trinajstić information content (AvgIpc) is 3.04. The molecule has 8 nitrogen and oxygen atoms in total. The van der Waals surface area contributed by atoms with Gasteiger partial charge in [0.05, 0.1) is 17.0 Å². The van der Waals surface area contributed by atoms with E-state index in [1.807, 2.05) is 13.8 Å². The molecule has 8 heteroatoms. The molecular formula is C24H34N6O2. The first-order valence-electron chi connectivity index (χ1n) is 11.0. The summed E-state index contributed by atoms with van der Waals surface area (Å²) in [6.45, 7) is 8.70. The summed E-state index contributed by atoms with van der Waals surface area (Å²) < 4.78 is 0. The van der Waals surface area contributed by atoms with Crippen molar-refractivity contribution in [1.29, 1.82) is 0 Å². The summed E-state index contributed by atoms with van der Waals surface area (Å²) in [7, 11) is 1.43. The third-order valence-corrected chi connectivity index (χ3v) is 5.10. The van der Waals surface area contributed by atoms with Crippen LogP contribution in [-0.2, 0) is 6.54 Å². The van der Waals surface area contributed by atoms with Crippen molar-refractivity contribution in [2.24, 2.45) is 5.92 Å². The van der Waals surface area contributed by atoms with Gasteiger partial charge in [-0.25, -0.2) is 15.4 Å². The lowest BCUT2D eigenvalue weighted by molar-refractivity contribution is 0.112. The number of aromatic nitrogens is 3. The van der Waals surface area contributed by atoms with Crippen molar-refractivity contribution in [3.63, 3.8) is 0 Å². The largest absolute Gasteiger partial charge is 0.339 e. The predicted octanol–water partition coefficient (Wildman–Crippen LogP) is 3.35. The number of hydrogen-bond acceptors (Lipinski definition) is 8. The van der Waals surface area contributed by atoms with Gasteiger partial charge >= 0.3 is 0 Å². The molecule has 3 heterocycles. The van der Waals surface area contributed by atoms with Crippen LogP contribution in [0.1, 0.15) is 54.5 Å². The summed E-state index contributed by atoms with van der Waals surface area (Å²) in [6.07, 6.45) is 13.4. The van der Waals surface area contributed by atoms with Crippen LogP contribution in [0.2, 0.25) is 0 Å². The van der Waals surface area contributed by atoms with E-state index in [0.717, 1.165) is 43.7 Å². The van der Waals surface area contributed by atoms with Gasteiger partial charge in [-0.3, -0.25) is 9.78 Å². The third-order valence-electron chi connectivity index (χ3n) is 5.10. The van der Waals surface area contributed by atoms with E-state index in [0.29, 0.717) is 23.5 Å². The topological polar surface area (TPSA) is 103 Å². The second-order valence-corrected chi connectivity index (χ2v) is 7.35. The zero-order chi connectivity index (χ0) is 23.3. The van der Waals surface area contributed by atoms with E-state index in [1.165, 1.54) is 12.6 Å². The summed E-state index contributed by atoms with van der Waals surface area (Å²) >= 11 is 0. The van der Waals surface area contributed by atoms with Crippen molar-refractivity contribution >= 4 is 24.4 Å². The van der Waals surface area contributed by atoms with Crippen molar-refractivity contribution in [2.75, 3.05) is 25.0 Å². The Balaban J connectivity index is 0.000000671. The van der Waals surface area contributed by atoms with Gasteiger partial charge in [-0.2, -0.15) is 0 Å². The maximum Gasteiger partial charge on any atom is 0.225 e. The van der Waals surface area contributed by atoms with Gasteiger partial charge in [-0.05, 0) is 30.0 Å². The standard InChI is InChI=1S/C21H23N5O.C2H6.CH5NO/c1-15-12-26(21-23-9-16(14-27)10-24-21)13-20(15)22-11-18-8-7-17-5-3-2-4-6-19(17)25-18;1-2;1-2-3/h3-10,14-15,20,22H,2,11-13H2,1H3;1-2H3;2-3H,1H3. The minimum absolute atomic E-state index is 0.343. The van der Waals surface area contributed by atoms with Gasteiger partial charge in [-0.15, -0.1) is 0 Å². The molecule has 0 amide bonds. The molecule has 1 fully saturated rings. The normalized spacial score (nSPS) is 18.6. The van der Waals surface area contributed by atoms with Gasteiger partial charge in [0.2, 0.25) is 5.95 Å². The number of rotatable bonds is 5. The maximum atomic E-state index is 10.8. The Morgan fingerprint density at radius 1 is 1.16 bits per heavy atom. The third kappa shape index (κ3) is 7.05. The van der Waals surface area contributed by atoms with Crippen LogP contribution in [-0.4, -0.2) is 52.6 Å². The van der Waals surface area contributed by atoms with E-state index in [4.69, 9.17) is 10.2 Å². The summed E-state index contributed by atoms with van der Waals surface area (Å²) in [5, 5.41) is 11.0. The number of anilines is 1. The van der Waals surface area contributed by atoms with E-state index in [1.54, 1.807) is 17.9 Å². The number of allylic oxidation sites excluding steroid dienone is 2. The molecular weight excluding hydrogens is 404 g/mol. The van der Waals surface area contributed by atoms with Gasteiger partial charge < -0.3 is 15.4 Å². The zero-order valence-corrected chi connectivity index (χ0v) is 19.3. The SMILES string of the molecule is CC.CC1CN(c2ncc(C=O)cn2)CC1NCc1ccc2c(n1)C=CCC=C2.CNO. The highest BCUT2D eigenvalue weighted by atomic mass is 16.5. The first-order valence-corrected chi connectivity index (χ1v) is 11.0. The number of fused-ring (bicyclic) bond motifs is 1. The Hall–Kier alpha value is -2.94. The number of carbonyl (C=O) groups excluding carboxylic acids is 1. The fourth-order valence-corrected chi connectivity index (χ4v) is 3.54. The molecule has 0 bridgehead atoms. The molecule has 32 heavy (non-hydrogen) atoms. The van der Waals surface area contributed by atoms with Crippen LogP contribution in [0, 0.1) is 5.92 Å². The Morgan fingerprint density at radius 2 is 1.84 bits per heavy atom. The van der Waals surface area contributed by atoms with Crippen LogP contribution in [0.4, 0.5) is 5.95 Å². The lowest BCUT2D eigenvalue weighted by atomic mass is 10.1. The van der Waals surface area contributed by atoms with E-state index in [9.17, 15) is 4.79 Å². The minimum atomic E-state index is 0.343. The van der Waals surface area contributed by atoms with E-state index in [-0.39, 0.29) is 0 Å². The van der Waals surface area contributed by atoms with Crippen molar-refractivity contribution in [2.45, 2.75) is 39.8 Å². The fraction of sp³-hybridized carbons (Fsp3) is 0.417. The van der Waals surface area contributed by atoms with Gasteiger partial charge in [0, 0.05) is 45.1 Å². The Bertz CT molecular complexity index is 898. The van der Waals surface area contributed by atoms with E-state index < -0.39 is 0 Å². The fourth-order valence-electron chi connectivity index (χ4n) is 3.54. The minimum Gasteiger partial charge on any atom is -0.339 e. The predicted molar refractivity (Wildman–Crippen MR) is 129 cm³/mol. The first-order chi connectivity index (χ1) is 15.6. The molecule has 2 aromatic heterocycles. The van der Waals surface area contributed by atoms with Gasteiger partial charge in [-0.1, -0.05) is 45.1 Å². The molecule has 2 unspecified atom stereocenters. The highest BCUT2D eigenvalue weighted by molar-refractivity contribution is 5.73. The Labute approximate surface area is 190 Å². The lowest BCUT2D eigenvalue weighted by Crippen LogP contribution is -2.35. The highest BCUT2D eigenvalue weighted by Gasteiger charge is 2.30. The van der Waals surface area contributed by atoms with Crippen LogP contribution in [0.25, 0.3) is 12.2 Å². The van der Waals surface area contributed by atoms with Gasteiger partial charge in [0.25, 0.3) is 0 Å². The van der Waals surface area contributed by atoms with Crippen LogP contribution in [0.3, 0.4) is 0 Å². The van der Waals surface area contributed by atoms with Crippen LogP contribution in [0.5, 0.6) is 0 Å². The highest BCUT2D eigenvalue weighted by Crippen LogP contribution is 2.21. The van der Waals surface area contributed by atoms with Gasteiger partial charge in [0.15, 0.2) is 6.29 Å². The van der Waals surface area contributed by atoms with E-state index >= 15 is 0 Å². The molecule has 0 radical (unpaired) electrons. The Morgan fingerprint density at radius 3 is 2.53 bits per heavy atom. The van der Waals surface area contributed by atoms with E-state index in [2.05, 4.69) is 63.5 Å². The molecule has 2 atom stereocenters. The lowest BCUT2D eigenvalue weighted by Gasteiger charge is -2.17. The smallest absolute Gasteiger partial charge is 0.225 e. The second kappa shape index (κ2) is 13.5. The molecule has 172 valence electrons. The van der Waals surface area contributed by atoms with Crippen molar-refractivity contribution in [3.05, 3.63) is 59.2 Å². The number of hydroxylamine groups is 1. The van der Waals surface area contributed by atoms with Crippen molar-refractivity contribution in [3.8, 4) is 0 Å². The Kier molecular flexibility index (Phi) is 10.7. The molecule has 0 spiro atoms. The summed E-state index contributed by atoms with van der Waals surface area (Å²) in [5.74, 6) is 1.15. The molecule has 0 aromatic carbocycles. The number of hydrogen-bond donors (Lipinski definition) is 3. The molecule has 3 N–H and O–H groups in total. The van der Waals surface area contributed by atoms with Crippen molar-refractivity contribution in [1.82, 2.24) is 25.7 Å². The molecule has 4 rings (SSSR count). The first kappa shape index (κ1) is 25.3. The van der Waals surface area contributed by atoms with Gasteiger partial charge in [0.1, 0.15) is 0 Å². The monoisotopic (exact) mass is 438 g/mol. The molecule has 0 saturated carbocycles. The second-order valence-electron chi connectivity index (χ2n) is 7.35. The number of carbonyl (C=O) groups is 1. The molecule has 2 aliphatic rings. The quantitative estimate of drug-likeness (QED) is 0.482. The number of nitrogens with one attached hydrogen (secondary N) is 2. The average molecular weight is 439 g/mol. The summed E-state index contributed by atoms with van der Waals surface area (Å²) in [5.41, 5.74) is 5.50.